The molecule has 1 atom stereocenters. The van der Waals surface area contributed by atoms with Crippen molar-refractivity contribution in [3.05, 3.63) is 77.6 Å². The quantitative estimate of drug-likeness (QED) is 0.648. The molecule has 0 radical (unpaired) electrons. The number of carbonyl (C=O) groups excluding carboxylic acids is 1. The van der Waals surface area contributed by atoms with Crippen molar-refractivity contribution in [2.45, 2.75) is 38.8 Å². The fourth-order valence-electron chi connectivity index (χ4n) is 4.00. The zero-order valence-electron chi connectivity index (χ0n) is 17.9. The Bertz CT molecular complexity index is 1040. The lowest BCUT2D eigenvalue weighted by atomic mass is 10.00. The number of nitrogens with zero attached hydrogens (tertiary/aromatic N) is 4. The van der Waals surface area contributed by atoms with Gasteiger partial charge in [0.2, 0.25) is 0 Å². The van der Waals surface area contributed by atoms with Gasteiger partial charge in [-0.05, 0) is 56.1 Å². The number of piperidine rings is 1. The summed E-state index contributed by atoms with van der Waals surface area (Å²) in [7, 11) is 1.58. The van der Waals surface area contributed by atoms with Crippen molar-refractivity contribution in [1.29, 1.82) is 0 Å². The van der Waals surface area contributed by atoms with Crippen LogP contribution in [0.4, 0.5) is 5.69 Å². The first-order valence-electron chi connectivity index (χ1n) is 10.6. The largest absolute Gasteiger partial charge is 0.495 e. The minimum Gasteiger partial charge on any atom is -0.495 e. The molecular formula is C24H27N5O2. The van der Waals surface area contributed by atoms with Crippen LogP contribution in [-0.2, 0) is 6.54 Å². The number of anilines is 1. The molecule has 0 bridgehead atoms. The monoisotopic (exact) mass is 417 g/mol. The number of nitrogens with one attached hydrogen (secondary N) is 1. The van der Waals surface area contributed by atoms with E-state index in [1.807, 2.05) is 49.6 Å². The highest BCUT2D eigenvalue weighted by Crippen LogP contribution is 2.31. The van der Waals surface area contributed by atoms with Gasteiger partial charge in [0.15, 0.2) is 0 Å². The SMILES string of the molecule is COc1ccccc1NC(=O)c1cnc([C@H]2CCCCN2Cc2ccncc2)nc1C. The molecule has 7 heteroatoms. The fraction of sp³-hybridized carbons (Fsp3) is 0.333. The Hall–Kier alpha value is -3.32. The second-order valence-corrected chi connectivity index (χ2v) is 7.72. The Kier molecular flexibility index (Phi) is 6.52. The number of rotatable bonds is 6. The van der Waals surface area contributed by atoms with E-state index in [4.69, 9.17) is 9.72 Å². The number of carbonyl (C=O) groups is 1. The number of aryl methyl sites for hydroxylation is 1. The van der Waals surface area contributed by atoms with E-state index in [-0.39, 0.29) is 11.9 Å². The number of pyridine rings is 1. The number of benzene rings is 1. The van der Waals surface area contributed by atoms with Crippen LogP contribution in [0.25, 0.3) is 0 Å². The van der Waals surface area contributed by atoms with Gasteiger partial charge >= 0.3 is 0 Å². The zero-order valence-corrected chi connectivity index (χ0v) is 17.9. The smallest absolute Gasteiger partial charge is 0.259 e. The average molecular weight is 418 g/mol. The number of likely N-dealkylation sites (tertiary alicyclic amines) is 1. The number of aromatic nitrogens is 3. The van der Waals surface area contributed by atoms with Gasteiger partial charge < -0.3 is 10.1 Å². The Labute approximate surface area is 182 Å². The fourth-order valence-corrected chi connectivity index (χ4v) is 4.00. The molecule has 3 aromatic rings. The number of para-hydroxylation sites is 2. The Morgan fingerprint density at radius 2 is 2.00 bits per heavy atom. The van der Waals surface area contributed by atoms with E-state index in [1.165, 1.54) is 12.0 Å². The van der Waals surface area contributed by atoms with E-state index in [2.05, 4.69) is 20.2 Å². The van der Waals surface area contributed by atoms with E-state index in [0.29, 0.717) is 22.7 Å². The van der Waals surface area contributed by atoms with Crippen LogP contribution in [0.5, 0.6) is 5.75 Å². The van der Waals surface area contributed by atoms with Crippen LogP contribution in [0.2, 0.25) is 0 Å². The molecule has 1 fully saturated rings. The molecule has 160 valence electrons. The predicted octanol–water partition coefficient (Wildman–Crippen LogP) is 4.17. The molecule has 0 unspecified atom stereocenters. The Morgan fingerprint density at radius 1 is 1.19 bits per heavy atom. The first-order chi connectivity index (χ1) is 15.2. The summed E-state index contributed by atoms with van der Waals surface area (Å²) in [4.78, 5) is 28.7. The lowest BCUT2D eigenvalue weighted by Gasteiger charge is -2.34. The van der Waals surface area contributed by atoms with E-state index in [1.54, 1.807) is 19.4 Å². The van der Waals surface area contributed by atoms with E-state index in [0.717, 1.165) is 31.8 Å². The third kappa shape index (κ3) is 4.88. The van der Waals surface area contributed by atoms with Gasteiger partial charge in [-0.3, -0.25) is 14.7 Å². The molecule has 1 aliphatic heterocycles. The third-order valence-electron chi connectivity index (χ3n) is 5.64. The molecule has 1 saturated heterocycles. The number of hydrogen-bond donors (Lipinski definition) is 1. The van der Waals surface area contributed by atoms with Crippen molar-refractivity contribution in [3.63, 3.8) is 0 Å². The molecule has 0 saturated carbocycles. The molecule has 1 amide bonds. The molecule has 31 heavy (non-hydrogen) atoms. The number of methoxy groups -OCH3 is 1. The predicted molar refractivity (Wildman–Crippen MR) is 119 cm³/mol. The molecule has 2 aromatic heterocycles. The normalized spacial score (nSPS) is 16.6. The second-order valence-electron chi connectivity index (χ2n) is 7.72. The van der Waals surface area contributed by atoms with Crippen LogP contribution in [0, 0.1) is 6.92 Å². The van der Waals surface area contributed by atoms with Crippen molar-refractivity contribution in [2.75, 3.05) is 19.0 Å². The Balaban J connectivity index is 1.52. The van der Waals surface area contributed by atoms with E-state index in [9.17, 15) is 4.79 Å². The van der Waals surface area contributed by atoms with Crippen molar-refractivity contribution in [1.82, 2.24) is 19.9 Å². The van der Waals surface area contributed by atoms with Gasteiger partial charge in [-0.15, -0.1) is 0 Å². The standard InChI is InChI=1S/C24H27N5O2/c1-17-19(24(30)28-20-7-3-4-9-22(20)31-2)15-26-23(27-17)21-8-5-6-14-29(21)16-18-10-12-25-13-11-18/h3-4,7,9-13,15,21H,5-6,8,14,16H2,1-2H3,(H,28,30)/t21-/m1/s1. The topological polar surface area (TPSA) is 80.2 Å². The summed E-state index contributed by atoms with van der Waals surface area (Å²) in [6.07, 6.45) is 8.61. The molecule has 0 aliphatic carbocycles. The molecule has 0 spiro atoms. The van der Waals surface area contributed by atoms with Crippen molar-refractivity contribution >= 4 is 11.6 Å². The van der Waals surface area contributed by atoms with Gasteiger partial charge in [0, 0.05) is 25.1 Å². The van der Waals surface area contributed by atoms with E-state index >= 15 is 0 Å². The number of hydrogen-bond acceptors (Lipinski definition) is 6. The van der Waals surface area contributed by atoms with Gasteiger partial charge in [0.1, 0.15) is 11.6 Å². The highest BCUT2D eigenvalue weighted by Gasteiger charge is 2.27. The first kappa shape index (κ1) is 20.9. The van der Waals surface area contributed by atoms with Crippen LogP contribution in [0.3, 0.4) is 0 Å². The van der Waals surface area contributed by atoms with Crippen LogP contribution < -0.4 is 10.1 Å². The van der Waals surface area contributed by atoms with Crippen molar-refractivity contribution < 1.29 is 9.53 Å². The lowest BCUT2D eigenvalue weighted by Crippen LogP contribution is -2.34. The average Bonchev–Trinajstić information content (AvgIpc) is 2.80. The van der Waals surface area contributed by atoms with Gasteiger partial charge in [-0.2, -0.15) is 0 Å². The maximum atomic E-state index is 12.8. The van der Waals surface area contributed by atoms with E-state index < -0.39 is 0 Å². The Morgan fingerprint density at radius 3 is 2.77 bits per heavy atom. The maximum Gasteiger partial charge on any atom is 0.259 e. The number of amides is 1. The highest BCUT2D eigenvalue weighted by atomic mass is 16.5. The van der Waals surface area contributed by atoms with Gasteiger partial charge in [-0.1, -0.05) is 18.6 Å². The molecule has 1 aliphatic rings. The summed E-state index contributed by atoms with van der Waals surface area (Å²) < 4.78 is 5.32. The van der Waals surface area contributed by atoms with Crippen LogP contribution in [0.15, 0.2) is 55.0 Å². The summed E-state index contributed by atoms with van der Waals surface area (Å²) in [5.74, 6) is 1.14. The minimum atomic E-state index is -0.245. The molecular weight excluding hydrogens is 390 g/mol. The minimum absolute atomic E-state index is 0.145. The highest BCUT2D eigenvalue weighted by molar-refractivity contribution is 6.05. The van der Waals surface area contributed by atoms with Crippen LogP contribution in [0.1, 0.15) is 52.7 Å². The van der Waals surface area contributed by atoms with Gasteiger partial charge in [0.25, 0.3) is 5.91 Å². The zero-order chi connectivity index (χ0) is 21.6. The van der Waals surface area contributed by atoms with Crippen LogP contribution in [-0.4, -0.2) is 39.4 Å². The van der Waals surface area contributed by atoms with Gasteiger partial charge in [-0.25, -0.2) is 9.97 Å². The second kappa shape index (κ2) is 9.66. The lowest BCUT2D eigenvalue weighted by molar-refractivity contribution is 0.102. The van der Waals surface area contributed by atoms with Gasteiger partial charge in [0.05, 0.1) is 30.1 Å². The first-order valence-corrected chi connectivity index (χ1v) is 10.6. The molecule has 7 nitrogen and oxygen atoms in total. The number of ether oxygens (including phenoxy) is 1. The van der Waals surface area contributed by atoms with Crippen molar-refractivity contribution in [3.8, 4) is 5.75 Å². The maximum absolute atomic E-state index is 12.8. The summed E-state index contributed by atoms with van der Waals surface area (Å²) in [5.41, 5.74) is 2.98. The molecule has 3 heterocycles. The molecule has 4 rings (SSSR count). The summed E-state index contributed by atoms with van der Waals surface area (Å²) in [6.45, 7) is 3.70. The summed E-state index contributed by atoms with van der Waals surface area (Å²) in [5, 5.41) is 2.90. The third-order valence-corrected chi connectivity index (χ3v) is 5.64. The van der Waals surface area contributed by atoms with Crippen molar-refractivity contribution in [2.24, 2.45) is 0 Å². The summed E-state index contributed by atoms with van der Waals surface area (Å²) in [6, 6.07) is 11.6. The van der Waals surface area contributed by atoms with Crippen LogP contribution >= 0.6 is 0 Å². The molecule has 1 N–H and O–H groups in total. The molecule has 1 aromatic carbocycles. The summed E-state index contributed by atoms with van der Waals surface area (Å²) >= 11 is 0.